The molecule has 0 saturated carbocycles. The van der Waals surface area contributed by atoms with E-state index >= 15 is 0 Å². The number of amides is 1. The highest BCUT2D eigenvalue weighted by Gasteiger charge is 2.31. The molecule has 110 valence electrons. The highest BCUT2D eigenvalue weighted by atomic mass is 19.4. The Kier molecular flexibility index (Phi) is 4.35. The van der Waals surface area contributed by atoms with Crippen molar-refractivity contribution >= 4 is 5.91 Å². The van der Waals surface area contributed by atoms with Crippen molar-refractivity contribution in [2.45, 2.75) is 44.8 Å². The molecule has 0 aliphatic carbocycles. The van der Waals surface area contributed by atoms with Gasteiger partial charge in [0.15, 0.2) is 0 Å². The summed E-state index contributed by atoms with van der Waals surface area (Å²) >= 11 is 0. The first-order valence-electron chi connectivity index (χ1n) is 6.91. The zero-order chi connectivity index (χ0) is 14.8. The van der Waals surface area contributed by atoms with E-state index in [4.69, 9.17) is 0 Å². The van der Waals surface area contributed by atoms with Crippen LogP contribution in [0, 0.1) is 0 Å². The lowest BCUT2D eigenvalue weighted by molar-refractivity contribution is -0.137. The zero-order valence-corrected chi connectivity index (χ0v) is 11.4. The van der Waals surface area contributed by atoms with E-state index in [1.54, 1.807) is 4.90 Å². The molecule has 5 heteroatoms. The average molecular weight is 285 g/mol. The van der Waals surface area contributed by atoms with E-state index in [2.05, 4.69) is 0 Å². The second-order valence-electron chi connectivity index (χ2n) is 5.13. The molecule has 0 spiro atoms. The summed E-state index contributed by atoms with van der Waals surface area (Å²) in [6.07, 6.45) is -0.438. The van der Waals surface area contributed by atoms with Crippen LogP contribution in [0.1, 0.15) is 48.5 Å². The molecule has 2 nitrogen and oxygen atoms in total. The summed E-state index contributed by atoms with van der Waals surface area (Å²) in [5.74, 6) is -0.162. The van der Waals surface area contributed by atoms with E-state index in [0.717, 1.165) is 37.8 Å². The van der Waals surface area contributed by atoms with Gasteiger partial charge in [-0.1, -0.05) is 6.92 Å². The molecule has 0 N–H and O–H groups in total. The fourth-order valence-corrected chi connectivity index (χ4v) is 2.66. The van der Waals surface area contributed by atoms with Crippen LogP contribution in [0.15, 0.2) is 24.3 Å². The minimum atomic E-state index is -4.36. The van der Waals surface area contributed by atoms with E-state index in [-0.39, 0.29) is 11.9 Å². The number of carbonyl (C=O) groups is 1. The van der Waals surface area contributed by atoms with E-state index in [1.807, 2.05) is 6.92 Å². The molecule has 1 heterocycles. The van der Waals surface area contributed by atoms with Crippen LogP contribution < -0.4 is 0 Å². The Morgan fingerprint density at radius 1 is 1.25 bits per heavy atom. The van der Waals surface area contributed by atoms with E-state index in [9.17, 15) is 18.0 Å². The maximum absolute atomic E-state index is 12.5. The van der Waals surface area contributed by atoms with Crippen molar-refractivity contribution in [1.82, 2.24) is 4.90 Å². The lowest BCUT2D eigenvalue weighted by Gasteiger charge is -2.35. The molecule has 1 saturated heterocycles. The van der Waals surface area contributed by atoms with Gasteiger partial charge in [0.05, 0.1) is 5.56 Å². The van der Waals surface area contributed by atoms with Crippen LogP contribution in [0.25, 0.3) is 0 Å². The normalized spacial score (nSPS) is 20.0. The fraction of sp³-hybridized carbons (Fsp3) is 0.533. The first kappa shape index (κ1) is 14.9. The standard InChI is InChI=1S/C15H18F3NO/c1-2-13-5-3-4-10-19(13)14(20)11-6-8-12(9-7-11)15(16,17)18/h6-9,13H,2-5,10H2,1H3. The van der Waals surface area contributed by atoms with Crippen LogP contribution in [0.2, 0.25) is 0 Å². The second kappa shape index (κ2) is 5.85. The predicted octanol–water partition coefficient (Wildman–Crippen LogP) is 4.11. The molecule has 1 aliphatic rings. The van der Waals surface area contributed by atoms with Gasteiger partial charge in [0.1, 0.15) is 0 Å². The SMILES string of the molecule is CCC1CCCCN1C(=O)c1ccc(C(F)(F)F)cc1. The number of hydrogen-bond donors (Lipinski definition) is 0. The van der Waals surface area contributed by atoms with Gasteiger partial charge in [-0.25, -0.2) is 0 Å². The molecule has 1 amide bonds. The van der Waals surface area contributed by atoms with Gasteiger partial charge in [0, 0.05) is 18.2 Å². The van der Waals surface area contributed by atoms with Crippen LogP contribution in [0.3, 0.4) is 0 Å². The van der Waals surface area contributed by atoms with Crippen molar-refractivity contribution in [2.24, 2.45) is 0 Å². The zero-order valence-electron chi connectivity index (χ0n) is 11.4. The third kappa shape index (κ3) is 3.14. The Morgan fingerprint density at radius 3 is 2.45 bits per heavy atom. The summed E-state index contributed by atoms with van der Waals surface area (Å²) in [6.45, 7) is 2.72. The maximum Gasteiger partial charge on any atom is 0.416 e. The second-order valence-corrected chi connectivity index (χ2v) is 5.13. The summed E-state index contributed by atoms with van der Waals surface area (Å²) in [5.41, 5.74) is -0.391. The third-order valence-electron chi connectivity index (χ3n) is 3.82. The Morgan fingerprint density at radius 2 is 1.90 bits per heavy atom. The molecular weight excluding hydrogens is 267 g/mol. The lowest BCUT2D eigenvalue weighted by Crippen LogP contribution is -2.43. The monoisotopic (exact) mass is 285 g/mol. The van der Waals surface area contributed by atoms with Crippen LogP contribution in [-0.2, 0) is 6.18 Å². The van der Waals surface area contributed by atoms with Crippen molar-refractivity contribution in [3.8, 4) is 0 Å². The first-order chi connectivity index (χ1) is 9.43. The third-order valence-corrected chi connectivity index (χ3v) is 3.82. The fourth-order valence-electron chi connectivity index (χ4n) is 2.66. The summed E-state index contributed by atoms with van der Waals surface area (Å²) in [5, 5.41) is 0. The molecule has 1 aromatic rings. The van der Waals surface area contributed by atoms with Gasteiger partial charge < -0.3 is 4.90 Å². The summed E-state index contributed by atoms with van der Waals surface area (Å²) in [7, 11) is 0. The Labute approximate surface area is 116 Å². The van der Waals surface area contributed by atoms with Gasteiger partial charge >= 0.3 is 6.18 Å². The number of carbonyl (C=O) groups excluding carboxylic acids is 1. The number of hydrogen-bond acceptors (Lipinski definition) is 1. The van der Waals surface area contributed by atoms with Gasteiger partial charge in [-0.05, 0) is 49.9 Å². The molecular formula is C15H18F3NO. The van der Waals surface area contributed by atoms with Gasteiger partial charge in [-0.15, -0.1) is 0 Å². The molecule has 1 aliphatic heterocycles. The van der Waals surface area contributed by atoms with Crippen LogP contribution in [0.4, 0.5) is 13.2 Å². The Balaban J connectivity index is 2.16. The van der Waals surface area contributed by atoms with Crippen LogP contribution in [0.5, 0.6) is 0 Å². The quantitative estimate of drug-likeness (QED) is 0.800. The van der Waals surface area contributed by atoms with Gasteiger partial charge in [-0.3, -0.25) is 4.79 Å². The van der Waals surface area contributed by atoms with E-state index in [0.29, 0.717) is 12.1 Å². The van der Waals surface area contributed by atoms with E-state index in [1.165, 1.54) is 12.1 Å². The smallest absolute Gasteiger partial charge is 0.336 e. The van der Waals surface area contributed by atoms with Crippen LogP contribution in [-0.4, -0.2) is 23.4 Å². The van der Waals surface area contributed by atoms with E-state index < -0.39 is 11.7 Å². The van der Waals surface area contributed by atoms with Crippen LogP contribution >= 0.6 is 0 Å². The topological polar surface area (TPSA) is 20.3 Å². The maximum atomic E-state index is 12.5. The molecule has 2 rings (SSSR count). The van der Waals surface area contributed by atoms with Gasteiger partial charge in [0.2, 0.25) is 0 Å². The number of alkyl halides is 3. The minimum Gasteiger partial charge on any atom is -0.336 e. The molecule has 0 aromatic heterocycles. The van der Waals surface area contributed by atoms with Crippen molar-refractivity contribution in [2.75, 3.05) is 6.54 Å². The molecule has 0 bridgehead atoms. The number of benzene rings is 1. The lowest BCUT2D eigenvalue weighted by atomic mass is 9.98. The molecule has 1 atom stereocenters. The van der Waals surface area contributed by atoms with Gasteiger partial charge in [-0.2, -0.15) is 13.2 Å². The molecule has 1 unspecified atom stereocenters. The minimum absolute atomic E-state index is 0.162. The van der Waals surface area contributed by atoms with Crippen molar-refractivity contribution in [3.05, 3.63) is 35.4 Å². The highest BCUT2D eigenvalue weighted by Crippen LogP contribution is 2.29. The largest absolute Gasteiger partial charge is 0.416 e. The molecule has 1 aromatic carbocycles. The number of piperidine rings is 1. The summed E-state index contributed by atoms with van der Waals surface area (Å²) < 4.78 is 37.5. The Bertz CT molecular complexity index is 467. The van der Waals surface area contributed by atoms with Gasteiger partial charge in [0.25, 0.3) is 5.91 Å². The summed E-state index contributed by atoms with van der Waals surface area (Å²) in [6, 6.07) is 4.69. The van der Waals surface area contributed by atoms with Crippen molar-refractivity contribution in [3.63, 3.8) is 0 Å². The highest BCUT2D eigenvalue weighted by molar-refractivity contribution is 5.94. The summed E-state index contributed by atoms with van der Waals surface area (Å²) in [4.78, 5) is 14.2. The number of likely N-dealkylation sites (tertiary alicyclic amines) is 1. The predicted molar refractivity (Wildman–Crippen MR) is 70.4 cm³/mol. The number of halogens is 3. The average Bonchev–Trinajstić information content (AvgIpc) is 2.45. The Hall–Kier alpha value is -1.52. The molecule has 1 fully saturated rings. The first-order valence-corrected chi connectivity index (χ1v) is 6.91. The number of nitrogens with zero attached hydrogens (tertiary/aromatic N) is 1. The van der Waals surface area contributed by atoms with Crippen molar-refractivity contribution in [1.29, 1.82) is 0 Å². The molecule has 20 heavy (non-hydrogen) atoms. The molecule has 0 radical (unpaired) electrons. The number of rotatable bonds is 2. The van der Waals surface area contributed by atoms with Crippen molar-refractivity contribution < 1.29 is 18.0 Å².